The van der Waals surface area contributed by atoms with Gasteiger partial charge < -0.3 is 19.6 Å². The summed E-state index contributed by atoms with van der Waals surface area (Å²) in [6, 6.07) is 14.1. The summed E-state index contributed by atoms with van der Waals surface area (Å²) in [5.41, 5.74) is 2.89. The van der Waals surface area contributed by atoms with Crippen LogP contribution in [-0.4, -0.2) is 51.1 Å². The second-order valence-corrected chi connectivity index (χ2v) is 13.6. The molecule has 2 atom stereocenters. The van der Waals surface area contributed by atoms with Gasteiger partial charge in [0.05, 0.1) is 34.8 Å². The van der Waals surface area contributed by atoms with Gasteiger partial charge in [0.1, 0.15) is 23.0 Å². The van der Waals surface area contributed by atoms with Crippen LogP contribution < -0.4 is 14.9 Å². The Balaban J connectivity index is 1.47. The molecule has 12 heteroatoms. The average molecular weight is 649 g/mol. The van der Waals surface area contributed by atoms with Gasteiger partial charge in [-0.25, -0.2) is 17.2 Å². The number of nitrogens with zero attached hydrogens (tertiary/aromatic N) is 2. The van der Waals surface area contributed by atoms with Gasteiger partial charge in [-0.3, -0.25) is 13.9 Å². The van der Waals surface area contributed by atoms with E-state index >= 15 is 0 Å². The van der Waals surface area contributed by atoms with Crippen LogP contribution >= 0.6 is 0 Å². The molecule has 0 bridgehead atoms. The molecule has 3 aromatic carbocycles. The van der Waals surface area contributed by atoms with Gasteiger partial charge in [0, 0.05) is 49.1 Å². The molecule has 0 saturated carbocycles. The van der Waals surface area contributed by atoms with Gasteiger partial charge in [-0.2, -0.15) is 0 Å². The number of aryl methyl sites for hydroxylation is 1. The van der Waals surface area contributed by atoms with Gasteiger partial charge in [-0.15, -0.1) is 0 Å². The molecule has 1 aliphatic heterocycles. The first-order chi connectivity index (χ1) is 21.9. The number of Topliss-reactive ketones (excluding diaryl/α,β-unsaturated/α-hetero) is 1. The van der Waals surface area contributed by atoms with Gasteiger partial charge in [-0.05, 0) is 80.3 Å². The van der Waals surface area contributed by atoms with Gasteiger partial charge in [0.25, 0.3) is 5.91 Å². The van der Waals surface area contributed by atoms with E-state index in [4.69, 9.17) is 4.42 Å². The number of carbonyl (C=O) groups excluding carboxylic acids is 2. The lowest BCUT2D eigenvalue weighted by atomic mass is 9.89. The van der Waals surface area contributed by atoms with E-state index in [1.807, 2.05) is 6.92 Å². The summed E-state index contributed by atoms with van der Waals surface area (Å²) in [7, 11) is -0.808. The number of amides is 1. The zero-order valence-corrected chi connectivity index (χ0v) is 26.7. The summed E-state index contributed by atoms with van der Waals surface area (Å²) in [5.74, 6) is -1.25. The van der Waals surface area contributed by atoms with Crippen LogP contribution in [0.5, 0.6) is 0 Å². The van der Waals surface area contributed by atoms with E-state index in [0.717, 1.165) is 10.6 Å². The van der Waals surface area contributed by atoms with Crippen LogP contribution in [0.2, 0.25) is 0 Å². The summed E-state index contributed by atoms with van der Waals surface area (Å²) in [6.07, 6.45) is 2.87. The molecule has 1 saturated heterocycles. The number of piperidine rings is 1. The van der Waals surface area contributed by atoms with Crippen LogP contribution in [0.15, 0.2) is 65.1 Å². The number of nitrogens with one attached hydrogen (secondary N) is 2. The molecule has 9 nitrogen and oxygen atoms in total. The largest absolute Gasteiger partial charge is 0.455 e. The van der Waals surface area contributed by atoms with Crippen LogP contribution in [-0.2, 0) is 16.6 Å². The summed E-state index contributed by atoms with van der Waals surface area (Å²) in [5, 5.41) is 6.90. The Morgan fingerprint density at radius 2 is 1.80 bits per heavy atom. The van der Waals surface area contributed by atoms with Crippen LogP contribution in [0.3, 0.4) is 0 Å². The molecule has 6 rings (SSSR count). The SMILES string of the molecule is CCn1c(C(=O)C2CCC[C@@H](c3cc4c(C(=O)NC)c(-c5ccc(F)cc5)oc4cc3N(C)S(C)(=O)=O)N2)cc2c(F)cccc21. The standard InChI is InChI=1S/C34H34F2N4O5S/c1-5-40-27-11-6-8-24(36)21(27)17-29(40)32(41)26-10-7-9-25(38-26)22-16-23-30(18-28(22)39(3)46(4,43)44)45-33(31(23)34(42)37-2)19-12-14-20(35)15-13-19/h6,8,11-18,25-26,38H,5,7,9-10H2,1-4H3,(H,37,42)/t25-,26?/m0/s1. The zero-order chi connectivity index (χ0) is 32.9. The molecule has 0 radical (unpaired) electrons. The molecule has 46 heavy (non-hydrogen) atoms. The Kier molecular flexibility index (Phi) is 8.20. The van der Waals surface area contributed by atoms with Crippen molar-refractivity contribution in [1.29, 1.82) is 0 Å². The number of sulfonamides is 1. The smallest absolute Gasteiger partial charge is 0.255 e. The molecular formula is C34H34F2N4O5S. The minimum atomic E-state index is -3.73. The molecule has 1 aliphatic rings. The lowest BCUT2D eigenvalue weighted by Gasteiger charge is -2.33. The number of benzene rings is 3. The summed E-state index contributed by atoms with van der Waals surface area (Å²) < 4.78 is 63.1. The number of hydrogen-bond donors (Lipinski definition) is 2. The fraction of sp³-hybridized carbons (Fsp3) is 0.294. The molecule has 1 amide bonds. The minimum Gasteiger partial charge on any atom is -0.455 e. The second kappa shape index (κ2) is 12.0. The molecule has 5 aromatic rings. The van der Waals surface area contributed by atoms with E-state index in [2.05, 4.69) is 10.6 Å². The Labute approximate surface area is 265 Å². The highest BCUT2D eigenvalue weighted by Crippen LogP contribution is 2.41. The first-order valence-corrected chi connectivity index (χ1v) is 16.9. The summed E-state index contributed by atoms with van der Waals surface area (Å²) in [4.78, 5) is 27.2. The number of fused-ring (bicyclic) bond motifs is 2. The number of ketones is 1. The highest BCUT2D eigenvalue weighted by molar-refractivity contribution is 7.92. The van der Waals surface area contributed by atoms with E-state index in [1.54, 1.807) is 34.9 Å². The topological polar surface area (TPSA) is 114 Å². The maximum Gasteiger partial charge on any atom is 0.255 e. The van der Waals surface area contributed by atoms with Crippen molar-refractivity contribution in [3.05, 3.63) is 89.1 Å². The highest BCUT2D eigenvalue weighted by atomic mass is 32.2. The minimum absolute atomic E-state index is 0.186. The molecule has 2 N–H and O–H groups in total. The molecule has 240 valence electrons. The second-order valence-electron chi connectivity index (χ2n) is 11.5. The predicted octanol–water partition coefficient (Wildman–Crippen LogP) is 6.17. The van der Waals surface area contributed by atoms with Crippen molar-refractivity contribution >= 4 is 49.3 Å². The van der Waals surface area contributed by atoms with Crippen molar-refractivity contribution < 1.29 is 31.2 Å². The number of halogens is 2. The lowest BCUT2D eigenvalue weighted by molar-refractivity contribution is 0.0902. The van der Waals surface area contributed by atoms with Crippen molar-refractivity contribution in [3.63, 3.8) is 0 Å². The average Bonchev–Trinajstić information content (AvgIpc) is 3.62. The van der Waals surface area contributed by atoms with Crippen molar-refractivity contribution in [2.24, 2.45) is 0 Å². The fourth-order valence-electron chi connectivity index (χ4n) is 6.39. The maximum absolute atomic E-state index is 14.6. The Morgan fingerprint density at radius 3 is 2.48 bits per heavy atom. The van der Waals surface area contributed by atoms with E-state index < -0.39 is 39.6 Å². The number of hydrogen-bond acceptors (Lipinski definition) is 6. The monoisotopic (exact) mass is 648 g/mol. The van der Waals surface area contributed by atoms with Crippen LogP contribution in [0.25, 0.3) is 33.2 Å². The number of furan rings is 1. The molecule has 3 heterocycles. The summed E-state index contributed by atoms with van der Waals surface area (Å²) >= 11 is 0. The molecule has 0 spiro atoms. The van der Waals surface area contributed by atoms with Gasteiger partial charge in [0.2, 0.25) is 10.0 Å². The highest BCUT2D eigenvalue weighted by Gasteiger charge is 2.34. The van der Waals surface area contributed by atoms with Crippen molar-refractivity contribution in [3.8, 4) is 11.3 Å². The lowest BCUT2D eigenvalue weighted by Crippen LogP contribution is -2.43. The fourth-order valence-corrected chi connectivity index (χ4v) is 6.91. The van der Waals surface area contributed by atoms with E-state index in [-0.39, 0.29) is 22.7 Å². The Bertz CT molecular complexity index is 2100. The Morgan fingerprint density at radius 1 is 1.07 bits per heavy atom. The van der Waals surface area contributed by atoms with E-state index in [1.165, 1.54) is 44.4 Å². The molecule has 1 unspecified atom stereocenters. The number of rotatable bonds is 8. The maximum atomic E-state index is 14.6. The number of aromatic nitrogens is 1. The molecular weight excluding hydrogens is 614 g/mol. The molecule has 1 fully saturated rings. The third kappa shape index (κ3) is 5.45. The number of anilines is 1. The van der Waals surface area contributed by atoms with Gasteiger partial charge >= 0.3 is 0 Å². The molecule has 0 aliphatic carbocycles. The normalized spacial score (nSPS) is 17.0. The first kappa shape index (κ1) is 31.4. The van der Waals surface area contributed by atoms with Crippen molar-refractivity contribution in [2.75, 3.05) is 24.7 Å². The van der Waals surface area contributed by atoms with Gasteiger partial charge in [0.15, 0.2) is 5.78 Å². The predicted molar refractivity (Wildman–Crippen MR) is 174 cm³/mol. The third-order valence-corrected chi connectivity index (χ3v) is 9.97. The first-order valence-electron chi connectivity index (χ1n) is 15.0. The quantitative estimate of drug-likeness (QED) is 0.195. The van der Waals surface area contributed by atoms with Crippen LogP contribution in [0.4, 0.5) is 14.5 Å². The third-order valence-electron chi connectivity index (χ3n) is 8.78. The Hall–Kier alpha value is -4.55. The van der Waals surface area contributed by atoms with Crippen LogP contribution in [0, 0.1) is 11.6 Å². The van der Waals surface area contributed by atoms with Crippen molar-refractivity contribution in [2.45, 2.75) is 44.8 Å². The van der Waals surface area contributed by atoms with Gasteiger partial charge in [-0.1, -0.05) is 6.07 Å². The number of carbonyl (C=O) groups is 2. The zero-order valence-electron chi connectivity index (χ0n) is 25.9. The van der Waals surface area contributed by atoms with Crippen molar-refractivity contribution in [1.82, 2.24) is 15.2 Å². The van der Waals surface area contributed by atoms with E-state index in [0.29, 0.717) is 64.6 Å². The van der Waals surface area contributed by atoms with E-state index in [9.17, 15) is 26.8 Å². The molecule has 2 aromatic heterocycles. The van der Waals surface area contributed by atoms with Crippen LogP contribution in [0.1, 0.15) is 58.6 Å². The summed E-state index contributed by atoms with van der Waals surface area (Å²) in [6.45, 7) is 2.37.